The molecule has 3 rings (SSSR count). The number of nitrogens with one attached hydrogen (secondary N) is 2. The molecule has 0 bridgehead atoms. The third-order valence-electron chi connectivity index (χ3n) is 4.08. The summed E-state index contributed by atoms with van der Waals surface area (Å²) in [5.74, 6) is 0.297. The molecule has 0 spiro atoms. The number of aromatic nitrogens is 2. The van der Waals surface area contributed by atoms with Gasteiger partial charge >= 0.3 is 5.69 Å². The molecular formula is C16H19N3O5. The summed E-state index contributed by atoms with van der Waals surface area (Å²) >= 11 is 0. The van der Waals surface area contributed by atoms with Gasteiger partial charge in [0.1, 0.15) is 18.1 Å². The highest BCUT2D eigenvalue weighted by Gasteiger charge is 2.36. The number of aromatic amines is 1. The van der Waals surface area contributed by atoms with E-state index in [9.17, 15) is 19.8 Å². The number of aliphatic hydroxyl groups excluding tert-OH is 2. The van der Waals surface area contributed by atoms with Crippen LogP contribution in [0.1, 0.15) is 18.2 Å². The molecule has 4 N–H and O–H groups in total. The van der Waals surface area contributed by atoms with Crippen molar-refractivity contribution in [2.24, 2.45) is 0 Å². The Hall–Kier alpha value is -2.42. The lowest BCUT2D eigenvalue weighted by molar-refractivity contribution is -0.0452. The third kappa shape index (κ3) is 2.99. The molecule has 1 aromatic carbocycles. The van der Waals surface area contributed by atoms with Crippen LogP contribution in [0.5, 0.6) is 0 Å². The maximum Gasteiger partial charge on any atom is 0.332 e. The molecule has 1 aliphatic rings. The highest BCUT2D eigenvalue weighted by molar-refractivity contribution is 5.59. The molecule has 24 heavy (non-hydrogen) atoms. The number of anilines is 2. The first-order valence-electron chi connectivity index (χ1n) is 7.63. The van der Waals surface area contributed by atoms with Gasteiger partial charge in [0.15, 0.2) is 0 Å². The van der Waals surface area contributed by atoms with Crippen molar-refractivity contribution in [1.82, 2.24) is 9.55 Å². The van der Waals surface area contributed by atoms with E-state index in [1.165, 1.54) is 4.57 Å². The summed E-state index contributed by atoms with van der Waals surface area (Å²) in [5, 5.41) is 22.2. The Kier molecular flexibility index (Phi) is 4.52. The van der Waals surface area contributed by atoms with Gasteiger partial charge < -0.3 is 20.3 Å². The van der Waals surface area contributed by atoms with Crippen LogP contribution in [0, 0.1) is 6.92 Å². The Morgan fingerprint density at radius 3 is 2.67 bits per heavy atom. The molecule has 0 saturated carbocycles. The molecule has 0 amide bonds. The van der Waals surface area contributed by atoms with Gasteiger partial charge in [0, 0.05) is 12.1 Å². The average molecular weight is 333 g/mol. The largest absolute Gasteiger partial charge is 0.394 e. The fraction of sp³-hybridized carbons (Fsp3) is 0.375. The lowest BCUT2D eigenvalue weighted by Gasteiger charge is -2.21. The summed E-state index contributed by atoms with van der Waals surface area (Å²) in [4.78, 5) is 26.5. The van der Waals surface area contributed by atoms with Crippen LogP contribution in [0.2, 0.25) is 0 Å². The number of hydrogen-bond donors (Lipinski definition) is 4. The first-order chi connectivity index (χ1) is 11.5. The standard InChI is InChI=1S/C16H19N3O5/c1-9-14(17-10-5-3-2-4-6-10)19(16(23)18-15(9)22)13-7-11(21)12(8-20)24-13/h2-6,11-13,17,20-21H,7-8H2,1H3,(H,18,22,23)/t11-,12+,13+/m0/s1. The summed E-state index contributed by atoms with van der Waals surface area (Å²) in [5.41, 5.74) is -0.104. The highest BCUT2D eigenvalue weighted by atomic mass is 16.5. The van der Waals surface area contributed by atoms with Crippen molar-refractivity contribution < 1.29 is 14.9 Å². The van der Waals surface area contributed by atoms with Gasteiger partial charge in [-0.15, -0.1) is 0 Å². The van der Waals surface area contributed by atoms with Gasteiger partial charge in [-0.2, -0.15) is 0 Å². The molecule has 1 saturated heterocycles. The van der Waals surface area contributed by atoms with Crippen LogP contribution in [0.25, 0.3) is 0 Å². The van der Waals surface area contributed by atoms with Crippen LogP contribution in [0.15, 0.2) is 39.9 Å². The summed E-state index contributed by atoms with van der Waals surface area (Å²) in [7, 11) is 0. The number of nitrogens with zero attached hydrogens (tertiary/aromatic N) is 1. The van der Waals surface area contributed by atoms with Gasteiger partial charge in [0.2, 0.25) is 0 Å². The summed E-state index contributed by atoms with van der Waals surface area (Å²) < 4.78 is 6.83. The molecule has 0 unspecified atom stereocenters. The van der Waals surface area contributed by atoms with E-state index >= 15 is 0 Å². The first kappa shape index (κ1) is 16.4. The minimum absolute atomic E-state index is 0.139. The number of para-hydroxylation sites is 1. The summed E-state index contributed by atoms with van der Waals surface area (Å²) in [6, 6.07) is 9.10. The van der Waals surface area contributed by atoms with Crippen molar-refractivity contribution in [2.45, 2.75) is 31.8 Å². The second-order valence-corrected chi connectivity index (χ2v) is 5.71. The fourth-order valence-electron chi connectivity index (χ4n) is 2.77. The van der Waals surface area contributed by atoms with Crippen molar-refractivity contribution in [2.75, 3.05) is 11.9 Å². The molecular weight excluding hydrogens is 314 g/mol. The second kappa shape index (κ2) is 6.60. The van der Waals surface area contributed by atoms with Gasteiger partial charge in [-0.1, -0.05) is 18.2 Å². The third-order valence-corrected chi connectivity index (χ3v) is 4.08. The number of hydrogen-bond acceptors (Lipinski definition) is 6. The molecule has 2 aromatic rings. The van der Waals surface area contributed by atoms with Crippen molar-refractivity contribution in [3.63, 3.8) is 0 Å². The topological polar surface area (TPSA) is 117 Å². The maximum atomic E-state index is 12.3. The van der Waals surface area contributed by atoms with Crippen LogP contribution >= 0.6 is 0 Å². The molecule has 2 heterocycles. The minimum atomic E-state index is -0.885. The number of rotatable bonds is 4. The Morgan fingerprint density at radius 2 is 2.04 bits per heavy atom. The Balaban J connectivity index is 2.07. The zero-order chi connectivity index (χ0) is 17.3. The number of ether oxygens (including phenoxy) is 1. The number of aliphatic hydroxyl groups is 2. The van der Waals surface area contributed by atoms with Gasteiger partial charge in [0.25, 0.3) is 5.56 Å². The van der Waals surface area contributed by atoms with E-state index in [0.29, 0.717) is 17.1 Å². The predicted molar refractivity (Wildman–Crippen MR) is 87.4 cm³/mol. The van der Waals surface area contributed by atoms with E-state index in [0.717, 1.165) is 0 Å². The lowest BCUT2D eigenvalue weighted by Crippen LogP contribution is -2.36. The molecule has 8 heteroatoms. The van der Waals surface area contributed by atoms with E-state index < -0.39 is 29.7 Å². The molecule has 1 aromatic heterocycles. The smallest absolute Gasteiger partial charge is 0.332 e. The Labute approximate surface area is 137 Å². The number of benzene rings is 1. The molecule has 0 aliphatic carbocycles. The number of H-pyrrole nitrogens is 1. The highest BCUT2D eigenvalue weighted by Crippen LogP contribution is 2.31. The van der Waals surface area contributed by atoms with E-state index in [1.54, 1.807) is 19.1 Å². The molecule has 8 nitrogen and oxygen atoms in total. The normalized spacial score (nSPS) is 23.4. The minimum Gasteiger partial charge on any atom is -0.394 e. The lowest BCUT2D eigenvalue weighted by atomic mass is 10.2. The zero-order valence-electron chi connectivity index (χ0n) is 13.1. The van der Waals surface area contributed by atoms with Crippen molar-refractivity contribution >= 4 is 11.5 Å². The van der Waals surface area contributed by atoms with Crippen LogP contribution in [0.4, 0.5) is 11.5 Å². The van der Waals surface area contributed by atoms with E-state index in [2.05, 4.69) is 10.3 Å². The SMILES string of the molecule is Cc1c(Nc2ccccc2)n([C@H]2C[C@H](O)[C@@H](CO)O2)c(=O)[nH]c1=O. The van der Waals surface area contributed by atoms with Crippen LogP contribution in [0.3, 0.4) is 0 Å². The summed E-state index contributed by atoms with van der Waals surface area (Å²) in [6.45, 7) is 1.24. The molecule has 128 valence electrons. The Bertz CT molecular complexity index is 830. The van der Waals surface area contributed by atoms with Gasteiger partial charge in [-0.3, -0.25) is 14.3 Å². The second-order valence-electron chi connectivity index (χ2n) is 5.71. The van der Waals surface area contributed by atoms with Gasteiger partial charge in [-0.25, -0.2) is 4.79 Å². The van der Waals surface area contributed by atoms with Crippen molar-refractivity contribution in [3.05, 3.63) is 56.7 Å². The maximum absolute atomic E-state index is 12.3. The van der Waals surface area contributed by atoms with Crippen LogP contribution < -0.4 is 16.6 Å². The Morgan fingerprint density at radius 1 is 1.33 bits per heavy atom. The van der Waals surface area contributed by atoms with E-state index in [-0.39, 0.29) is 13.0 Å². The molecule has 1 aliphatic heterocycles. The van der Waals surface area contributed by atoms with Crippen molar-refractivity contribution in [3.8, 4) is 0 Å². The van der Waals surface area contributed by atoms with E-state index in [4.69, 9.17) is 4.74 Å². The molecule has 3 atom stereocenters. The molecule has 1 fully saturated rings. The quantitative estimate of drug-likeness (QED) is 0.636. The van der Waals surface area contributed by atoms with Gasteiger partial charge in [-0.05, 0) is 19.1 Å². The first-order valence-corrected chi connectivity index (χ1v) is 7.63. The summed E-state index contributed by atoms with van der Waals surface area (Å²) in [6.07, 6.45) is -2.30. The fourth-order valence-corrected chi connectivity index (χ4v) is 2.77. The predicted octanol–water partition coefficient (Wildman–Crippen LogP) is 0.229. The monoisotopic (exact) mass is 333 g/mol. The van der Waals surface area contributed by atoms with Crippen molar-refractivity contribution in [1.29, 1.82) is 0 Å². The zero-order valence-corrected chi connectivity index (χ0v) is 13.1. The van der Waals surface area contributed by atoms with Crippen LogP contribution in [-0.4, -0.2) is 38.6 Å². The van der Waals surface area contributed by atoms with Crippen LogP contribution in [-0.2, 0) is 4.74 Å². The van der Waals surface area contributed by atoms with E-state index in [1.807, 2.05) is 18.2 Å². The van der Waals surface area contributed by atoms with Gasteiger partial charge in [0.05, 0.1) is 18.3 Å². The molecule has 0 radical (unpaired) electrons. The average Bonchev–Trinajstić information content (AvgIpc) is 2.94.